The second kappa shape index (κ2) is 4.82. The summed E-state index contributed by atoms with van der Waals surface area (Å²) in [7, 11) is 1.36. The fourth-order valence-corrected chi connectivity index (χ4v) is 1.62. The van der Waals surface area contributed by atoms with Gasteiger partial charge in [0.05, 0.1) is 13.5 Å². The minimum atomic E-state index is -0.307. The maximum atomic E-state index is 11.1. The van der Waals surface area contributed by atoms with Crippen LogP contribution < -0.4 is 0 Å². The van der Waals surface area contributed by atoms with Crippen LogP contribution in [0.5, 0.6) is 0 Å². The molecule has 1 heterocycles. The number of hydrogen-bond donors (Lipinski definition) is 0. The highest BCUT2D eigenvalue weighted by atomic mass is 16.5. The van der Waals surface area contributed by atoms with Gasteiger partial charge in [-0.05, 0) is 11.1 Å². The van der Waals surface area contributed by atoms with Crippen LogP contribution in [0.25, 0.3) is 5.57 Å². The van der Waals surface area contributed by atoms with E-state index in [9.17, 15) is 9.59 Å². The first-order valence-corrected chi connectivity index (χ1v) is 5.22. The molecule has 1 aliphatic heterocycles. The number of hydrogen-bond acceptors (Lipinski definition) is 4. The van der Waals surface area contributed by atoms with Crippen molar-refractivity contribution in [1.82, 2.24) is 0 Å². The number of methoxy groups -OCH3 is 1. The van der Waals surface area contributed by atoms with Crippen LogP contribution in [0.3, 0.4) is 0 Å². The lowest BCUT2D eigenvalue weighted by atomic mass is 10.0. The molecule has 4 nitrogen and oxygen atoms in total. The molecule has 0 aromatic heterocycles. The van der Waals surface area contributed by atoms with Gasteiger partial charge in [0.15, 0.2) is 0 Å². The van der Waals surface area contributed by atoms with Gasteiger partial charge >= 0.3 is 11.9 Å². The summed E-state index contributed by atoms with van der Waals surface area (Å²) in [5, 5.41) is 0. The number of cyclic esters (lactones) is 1. The largest absolute Gasteiger partial charge is 0.469 e. The second-order valence-corrected chi connectivity index (χ2v) is 3.73. The SMILES string of the molecule is COC(=O)Cc1ccc(C2=CC(=O)OC2)cc1. The first-order valence-electron chi connectivity index (χ1n) is 5.22. The fourth-order valence-electron chi connectivity index (χ4n) is 1.62. The van der Waals surface area contributed by atoms with E-state index in [0.717, 1.165) is 16.7 Å². The summed E-state index contributed by atoms with van der Waals surface area (Å²) >= 11 is 0. The second-order valence-electron chi connectivity index (χ2n) is 3.73. The standard InChI is InChI=1S/C13H12O4/c1-16-12(14)6-9-2-4-10(5-3-9)11-7-13(15)17-8-11/h2-5,7H,6,8H2,1H3. The lowest BCUT2D eigenvalue weighted by Gasteiger charge is -2.03. The Hall–Kier alpha value is -2.10. The summed E-state index contributed by atoms with van der Waals surface area (Å²) in [6, 6.07) is 7.42. The van der Waals surface area contributed by atoms with Gasteiger partial charge in [-0.25, -0.2) is 4.79 Å². The Bertz CT molecular complexity index is 471. The summed E-state index contributed by atoms with van der Waals surface area (Å²) < 4.78 is 9.41. The van der Waals surface area contributed by atoms with Crippen molar-refractivity contribution in [3.05, 3.63) is 41.5 Å². The van der Waals surface area contributed by atoms with Crippen molar-refractivity contribution >= 4 is 17.5 Å². The van der Waals surface area contributed by atoms with E-state index in [-0.39, 0.29) is 18.4 Å². The Morgan fingerprint density at radius 1 is 1.35 bits per heavy atom. The molecular formula is C13H12O4. The van der Waals surface area contributed by atoms with E-state index in [2.05, 4.69) is 4.74 Å². The number of ether oxygens (including phenoxy) is 2. The van der Waals surface area contributed by atoms with Crippen molar-refractivity contribution in [2.75, 3.05) is 13.7 Å². The van der Waals surface area contributed by atoms with Crippen molar-refractivity contribution in [2.45, 2.75) is 6.42 Å². The minimum Gasteiger partial charge on any atom is -0.469 e. The highest BCUT2D eigenvalue weighted by Crippen LogP contribution is 2.20. The average Bonchev–Trinajstić information content (AvgIpc) is 2.77. The molecule has 1 aliphatic rings. The zero-order valence-electron chi connectivity index (χ0n) is 9.43. The molecule has 17 heavy (non-hydrogen) atoms. The first kappa shape index (κ1) is 11.4. The molecule has 0 amide bonds. The van der Waals surface area contributed by atoms with Crippen LogP contribution >= 0.6 is 0 Å². The Labute approximate surface area is 98.8 Å². The maximum absolute atomic E-state index is 11.1. The van der Waals surface area contributed by atoms with Crippen LogP contribution in [0.2, 0.25) is 0 Å². The average molecular weight is 232 g/mol. The number of rotatable bonds is 3. The maximum Gasteiger partial charge on any atom is 0.331 e. The normalized spacial score (nSPS) is 14.2. The van der Waals surface area contributed by atoms with E-state index in [1.54, 1.807) is 0 Å². The molecule has 0 aliphatic carbocycles. The summed E-state index contributed by atoms with van der Waals surface area (Å²) in [5.41, 5.74) is 2.68. The zero-order chi connectivity index (χ0) is 12.3. The Morgan fingerprint density at radius 3 is 2.59 bits per heavy atom. The highest BCUT2D eigenvalue weighted by molar-refractivity contribution is 5.95. The predicted molar refractivity (Wildman–Crippen MR) is 61.1 cm³/mol. The van der Waals surface area contributed by atoms with Gasteiger partial charge in [0.2, 0.25) is 0 Å². The van der Waals surface area contributed by atoms with Crippen molar-refractivity contribution in [1.29, 1.82) is 0 Å². The Balaban J connectivity index is 2.10. The van der Waals surface area contributed by atoms with Gasteiger partial charge in [-0.3, -0.25) is 4.79 Å². The highest BCUT2D eigenvalue weighted by Gasteiger charge is 2.14. The summed E-state index contributed by atoms with van der Waals surface area (Å²) in [6.07, 6.45) is 1.74. The quantitative estimate of drug-likeness (QED) is 0.738. The van der Waals surface area contributed by atoms with E-state index in [4.69, 9.17) is 4.74 Å². The molecule has 0 radical (unpaired) electrons. The van der Waals surface area contributed by atoms with Crippen molar-refractivity contribution in [2.24, 2.45) is 0 Å². The molecule has 0 spiro atoms. The van der Waals surface area contributed by atoms with Crippen molar-refractivity contribution in [3.8, 4) is 0 Å². The van der Waals surface area contributed by atoms with Gasteiger partial charge in [0, 0.05) is 11.6 Å². The van der Waals surface area contributed by atoms with Crippen LogP contribution in [-0.4, -0.2) is 25.7 Å². The number of benzene rings is 1. The van der Waals surface area contributed by atoms with Crippen LogP contribution in [0.15, 0.2) is 30.3 Å². The number of carbonyl (C=O) groups excluding carboxylic acids is 2. The molecule has 1 aromatic carbocycles. The van der Waals surface area contributed by atoms with Gasteiger partial charge < -0.3 is 9.47 Å². The molecule has 4 heteroatoms. The van der Waals surface area contributed by atoms with E-state index >= 15 is 0 Å². The Kier molecular flexibility index (Phi) is 3.23. The molecule has 0 atom stereocenters. The van der Waals surface area contributed by atoms with Crippen LogP contribution in [0.4, 0.5) is 0 Å². The summed E-state index contributed by atoms with van der Waals surface area (Å²) in [6.45, 7) is 0.315. The lowest BCUT2D eigenvalue weighted by molar-refractivity contribution is -0.139. The molecule has 0 saturated heterocycles. The smallest absolute Gasteiger partial charge is 0.331 e. The van der Waals surface area contributed by atoms with Gasteiger partial charge in [-0.15, -0.1) is 0 Å². The minimum absolute atomic E-state index is 0.255. The molecule has 0 N–H and O–H groups in total. The van der Waals surface area contributed by atoms with Crippen molar-refractivity contribution in [3.63, 3.8) is 0 Å². The number of esters is 2. The van der Waals surface area contributed by atoms with Crippen LogP contribution in [0.1, 0.15) is 11.1 Å². The fraction of sp³-hybridized carbons (Fsp3) is 0.231. The van der Waals surface area contributed by atoms with Gasteiger partial charge in [-0.2, -0.15) is 0 Å². The van der Waals surface area contributed by atoms with E-state index in [1.165, 1.54) is 13.2 Å². The van der Waals surface area contributed by atoms with E-state index in [1.807, 2.05) is 24.3 Å². The molecule has 1 aromatic rings. The summed E-state index contributed by atoms with van der Waals surface area (Å²) in [5.74, 6) is -0.574. The van der Waals surface area contributed by atoms with E-state index < -0.39 is 0 Å². The monoisotopic (exact) mass is 232 g/mol. The topological polar surface area (TPSA) is 52.6 Å². The molecular weight excluding hydrogens is 220 g/mol. The predicted octanol–water partition coefficient (Wildman–Crippen LogP) is 1.34. The van der Waals surface area contributed by atoms with Gasteiger partial charge in [0.1, 0.15) is 6.61 Å². The third-order valence-corrected chi connectivity index (χ3v) is 2.56. The molecule has 0 bridgehead atoms. The molecule has 0 fully saturated rings. The van der Waals surface area contributed by atoms with Crippen LogP contribution in [-0.2, 0) is 25.5 Å². The number of carbonyl (C=O) groups is 2. The zero-order valence-corrected chi connectivity index (χ0v) is 9.43. The molecule has 0 saturated carbocycles. The molecule has 2 rings (SSSR count). The third kappa shape index (κ3) is 2.72. The summed E-state index contributed by atoms with van der Waals surface area (Å²) in [4.78, 5) is 22.0. The third-order valence-electron chi connectivity index (χ3n) is 2.56. The molecule has 88 valence electrons. The van der Waals surface area contributed by atoms with Crippen molar-refractivity contribution < 1.29 is 19.1 Å². The first-order chi connectivity index (χ1) is 8.19. The molecule has 0 unspecified atom stereocenters. The van der Waals surface area contributed by atoms with E-state index in [0.29, 0.717) is 6.61 Å². The van der Waals surface area contributed by atoms with Gasteiger partial charge in [-0.1, -0.05) is 24.3 Å². The Morgan fingerprint density at radius 2 is 2.06 bits per heavy atom. The van der Waals surface area contributed by atoms with Gasteiger partial charge in [0.25, 0.3) is 0 Å². The van der Waals surface area contributed by atoms with Crippen LogP contribution in [0, 0.1) is 0 Å². The lowest BCUT2D eigenvalue weighted by Crippen LogP contribution is -2.04.